The van der Waals surface area contributed by atoms with Crippen molar-refractivity contribution in [2.75, 3.05) is 0 Å². The van der Waals surface area contributed by atoms with Gasteiger partial charge in [-0.15, -0.1) is 0 Å². The average Bonchev–Trinajstić information content (AvgIpc) is 3.32. The van der Waals surface area contributed by atoms with Crippen LogP contribution in [-0.2, 0) is 4.79 Å². The molecule has 1 atom stereocenters. The summed E-state index contributed by atoms with van der Waals surface area (Å²) in [5.41, 5.74) is 3.95. The number of aliphatic carboxylic acids is 1. The summed E-state index contributed by atoms with van der Waals surface area (Å²) >= 11 is 0. The molecule has 0 saturated carbocycles. The van der Waals surface area contributed by atoms with E-state index in [0.29, 0.717) is 28.1 Å². The van der Waals surface area contributed by atoms with Gasteiger partial charge in [0.2, 0.25) is 12.0 Å². The van der Waals surface area contributed by atoms with Crippen LogP contribution in [0.4, 0.5) is 0 Å². The van der Waals surface area contributed by atoms with Gasteiger partial charge < -0.3 is 19.7 Å². The van der Waals surface area contributed by atoms with Crippen molar-refractivity contribution in [1.82, 2.24) is 4.98 Å². The Labute approximate surface area is 179 Å². The molecule has 6 nitrogen and oxygen atoms in total. The van der Waals surface area contributed by atoms with Crippen LogP contribution in [0, 0.1) is 12.3 Å². The number of ether oxygens (including phenoxy) is 1. The SMILES string of the molecule is Cc1ccc(-c2cc(-c3ccco3)c(C=N)c(OC(C(=O)O)c3ccccc3)n2)cc1. The lowest BCUT2D eigenvalue weighted by Gasteiger charge is -2.18. The van der Waals surface area contributed by atoms with Crippen LogP contribution >= 0.6 is 0 Å². The molecule has 2 aromatic heterocycles. The highest BCUT2D eigenvalue weighted by molar-refractivity contribution is 5.92. The average molecular weight is 412 g/mol. The van der Waals surface area contributed by atoms with Gasteiger partial charge in [0.05, 0.1) is 17.5 Å². The number of hydrogen-bond donors (Lipinski definition) is 2. The van der Waals surface area contributed by atoms with Crippen molar-refractivity contribution in [3.05, 3.63) is 95.7 Å². The molecule has 0 fully saturated rings. The minimum absolute atomic E-state index is 0.0516. The molecule has 4 rings (SSSR count). The van der Waals surface area contributed by atoms with E-state index in [1.54, 1.807) is 48.7 Å². The molecule has 154 valence electrons. The van der Waals surface area contributed by atoms with Gasteiger partial charge in [-0.2, -0.15) is 0 Å². The van der Waals surface area contributed by atoms with Crippen LogP contribution in [0.1, 0.15) is 22.8 Å². The number of rotatable bonds is 7. The molecule has 0 saturated heterocycles. The molecular formula is C25H20N2O4. The van der Waals surface area contributed by atoms with E-state index in [9.17, 15) is 9.90 Å². The second kappa shape index (κ2) is 8.67. The second-order valence-electron chi connectivity index (χ2n) is 7.01. The van der Waals surface area contributed by atoms with Gasteiger partial charge in [-0.1, -0.05) is 60.2 Å². The minimum Gasteiger partial charge on any atom is -0.478 e. The largest absolute Gasteiger partial charge is 0.478 e. The molecule has 0 aliphatic heterocycles. The van der Waals surface area contributed by atoms with E-state index < -0.39 is 12.1 Å². The third-order valence-corrected chi connectivity index (χ3v) is 4.86. The van der Waals surface area contributed by atoms with E-state index in [2.05, 4.69) is 4.98 Å². The van der Waals surface area contributed by atoms with E-state index in [0.717, 1.165) is 17.3 Å². The second-order valence-corrected chi connectivity index (χ2v) is 7.01. The van der Waals surface area contributed by atoms with Gasteiger partial charge in [-0.3, -0.25) is 0 Å². The maximum Gasteiger partial charge on any atom is 0.349 e. The molecule has 4 aromatic rings. The molecule has 0 aliphatic carbocycles. The summed E-state index contributed by atoms with van der Waals surface area (Å²) in [6.45, 7) is 2.00. The summed E-state index contributed by atoms with van der Waals surface area (Å²) in [6, 6.07) is 21.8. The molecule has 2 aromatic carbocycles. The Hall–Kier alpha value is -4.19. The monoisotopic (exact) mass is 412 g/mol. The molecule has 1 unspecified atom stereocenters. The number of carbonyl (C=O) groups is 1. The zero-order valence-corrected chi connectivity index (χ0v) is 16.8. The lowest BCUT2D eigenvalue weighted by molar-refractivity contribution is -0.145. The van der Waals surface area contributed by atoms with Gasteiger partial charge in [-0.25, -0.2) is 9.78 Å². The minimum atomic E-state index is -1.27. The Morgan fingerprint density at radius 1 is 1.10 bits per heavy atom. The number of benzene rings is 2. The summed E-state index contributed by atoms with van der Waals surface area (Å²) in [5, 5.41) is 17.7. The molecule has 0 bridgehead atoms. The van der Waals surface area contributed by atoms with Crippen molar-refractivity contribution in [2.24, 2.45) is 0 Å². The summed E-state index contributed by atoms with van der Waals surface area (Å²) in [7, 11) is 0. The van der Waals surface area contributed by atoms with Gasteiger partial charge in [0, 0.05) is 22.9 Å². The first-order valence-electron chi connectivity index (χ1n) is 9.67. The summed E-state index contributed by atoms with van der Waals surface area (Å²) < 4.78 is 11.5. The maximum atomic E-state index is 12.0. The van der Waals surface area contributed by atoms with Gasteiger partial charge in [0.25, 0.3) is 0 Å². The first-order valence-corrected chi connectivity index (χ1v) is 9.67. The number of furan rings is 1. The zero-order valence-electron chi connectivity index (χ0n) is 16.8. The molecule has 2 N–H and O–H groups in total. The Bertz CT molecular complexity index is 1200. The number of hydrogen-bond acceptors (Lipinski definition) is 5. The number of carboxylic acid groups (broad SMARTS) is 1. The summed E-state index contributed by atoms with van der Waals surface area (Å²) in [6.07, 6.45) is 1.37. The van der Waals surface area contributed by atoms with Crippen LogP contribution in [0.5, 0.6) is 5.88 Å². The summed E-state index contributed by atoms with van der Waals surface area (Å²) in [5.74, 6) is -0.564. The van der Waals surface area contributed by atoms with Crippen molar-refractivity contribution in [3.8, 4) is 28.5 Å². The lowest BCUT2D eigenvalue weighted by atomic mass is 10.0. The smallest absolute Gasteiger partial charge is 0.349 e. The first kappa shape index (κ1) is 20.1. The van der Waals surface area contributed by atoms with Crippen LogP contribution in [-0.4, -0.2) is 22.3 Å². The van der Waals surface area contributed by atoms with Crippen molar-refractivity contribution < 1.29 is 19.1 Å². The Morgan fingerprint density at radius 2 is 1.84 bits per heavy atom. The summed E-state index contributed by atoms with van der Waals surface area (Å²) in [4.78, 5) is 16.6. The van der Waals surface area contributed by atoms with Gasteiger partial charge >= 0.3 is 5.97 Å². The van der Waals surface area contributed by atoms with Crippen LogP contribution in [0.2, 0.25) is 0 Å². The van der Waals surface area contributed by atoms with Crippen LogP contribution in [0.25, 0.3) is 22.6 Å². The predicted octanol–water partition coefficient (Wildman–Crippen LogP) is 5.52. The zero-order chi connectivity index (χ0) is 21.8. The topological polar surface area (TPSA) is 96.4 Å². The number of pyridine rings is 1. The van der Waals surface area contributed by atoms with E-state index in [4.69, 9.17) is 14.6 Å². The van der Waals surface area contributed by atoms with Crippen molar-refractivity contribution in [1.29, 1.82) is 5.41 Å². The standard InChI is InChI=1S/C25H20N2O4/c1-16-9-11-17(12-10-16)21-14-19(22-8-5-13-30-22)20(15-26)24(27-21)31-23(25(28)29)18-6-3-2-4-7-18/h2-15,23,26H,1H3,(H,28,29). The fourth-order valence-electron chi connectivity index (χ4n) is 3.27. The molecule has 2 heterocycles. The van der Waals surface area contributed by atoms with E-state index in [1.807, 2.05) is 37.3 Å². The first-order chi connectivity index (χ1) is 15.1. The third kappa shape index (κ3) is 4.23. The van der Waals surface area contributed by atoms with Crippen molar-refractivity contribution >= 4 is 12.2 Å². The predicted molar refractivity (Wildman–Crippen MR) is 117 cm³/mol. The Morgan fingerprint density at radius 3 is 2.45 bits per heavy atom. The fraction of sp³-hybridized carbons (Fsp3) is 0.0800. The molecule has 0 radical (unpaired) electrons. The quantitative estimate of drug-likeness (QED) is 0.390. The normalized spacial score (nSPS) is 11.6. The van der Waals surface area contributed by atoms with Gasteiger partial charge in [0.15, 0.2) is 0 Å². The Kier molecular flexibility index (Phi) is 5.62. The maximum absolute atomic E-state index is 12.0. The highest BCUT2D eigenvalue weighted by Crippen LogP contribution is 2.35. The number of aromatic nitrogens is 1. The van der Waals surface area contributed by atoms with Crippen LogP contribution in [0.3, 0.4) is 0 Å². The molecule has 0 amide bonds. The van der Waals surface area contributed by atoms with Crippen LogP contribution in [0.15, 0.2) is 83.5 Å². The van der Waals surface area contributed by atoms with Crippen molar-refractivity contribution in [3.63, 3.8) is 0 Å². The van der Waals surface area contributed by atoms with Crippen LogP contribution < -0.4 is 4.74 Å². The van der Waals surface area contributed by atoms with E-state index >= 15 is 0 Å². The lowest BCUT2D eigenvalue weighted by Crippen LogP contribution is -2.19. The molecular weight excluding hydrogens is 392 g/mol. The van der Waals surface area contributed by atoms with Gasteiger partial charge in [0.1, 0.15) is 5.76 Å². The number of nitrogens with one attached hydrogen (secondary N) is 1. The highest BCUT2D eigenvalue weighted by atomic mass is 16.5. The number of nitrogens with zero attached hydrogens (tertiary/aromatic N) is 1. The third-order valence-electron chi connectivity index (χ3n) is 4.86. The fourth-order valence-corrected chi connectivity index (χ4v) is 3.27. The molecule has 0 spiro atoms. The van der Waals surface area contributed by atoms with E-state index in [-0.39, 0.29) is 5.88 Å². The number of aryl methyl sites for hydroxylation is 1. The highest BCUT2D eigenvalue weighted by Gasteiger charge is 2.25. The molecule has 6 heteroatoms. The van der Waals surface area contributed by atoms with Crippen molar-refractivity contribution in [2.45, 2.75) is 13.0 Å². The Balaban J connectivity index is 1.88. The molecule has 0 aliphatic rings. The molecule has 31 heavy (non-hydrogen) atoms. The number of carboxylic acids is 1. The van der Waals surface area contributed by atoms with Gasteiger partial charge in [-0.05, 0) is 25.1 Å². The van der Waals surface area contributed by atoms with E-state index in [1.165, 1.54) is 0 Å².